The number of pyridine rings is 1. The fourth-order valence-electron chi connectivity index (χ4n) is 2.41. The van der Waals surface area contributed by atoms with Crippen molar-refractivity contribution in [3.8, 4) is 5.75 Å². The molecule has 3 aromatic rings. The molecule has 1 N–H and O–H groups in total. The molecule has 1 unspecified atom stereocenters. The van der Waals surface area contributed by atoms with Gasteiger partial charge in [0.1, 0.15) is 0 Å². The maximum absolute atomic E-state index is 12.5. The molecule has 10 heteroatoms. The first-order chi connectivity index (χ1) is 12.0. The molecule has 0 saturated heterocycles. The zero-order chi connectivity index (χ0) is 18.0. The zero-order valence-corrected chi connectivity index (χ0v) is 13.0. The molecule has 0 radical (unpaired) electrons. The van der Waals surface area contributed by atoms with Crippen LogP contribution in [-0.2, 0) is 0 Å². The number of fused-ring (bicyclic) bond motifs is 1. The van der Waals surface area contributed by atoms with Crippen LogP contribution in [0.15, 0.2) is 42.6 Å². The van der Waals surface area contributed by atoms with E-state index in [0.717, 1.165) is 12.1 Å². The second-order valence-corrected chi connectivity index (χ2v) is 5.17. The number of halogens is 2. The number of aromatic nitrogens is 3. The lowest BCUT2D eigenvalue weighted by molar-refractivity contribution is -0.386. The van der Waals surface area contributed by atoms with E-state index in [4.69, 9.17) is 0 Å². The molecule has 0 aliphatic rings. The Morgan fingerprint density at radius 1 is 1.28 bits per heavy atom. The topological polar surface area (TPSA) is 94.6 Å². The highest BCUT2D eigenvalue weighted by Gasteiger charge is 2.20. The average Bonchev–Trinajstić information content (AvgIpc) is 2.98. The smallest absolute Gasteiger partial charge is 0.387 e. The molecule has 0 aliphatic heterocycles. The van der Waals surface area contributed by atoms with Gasteiger partial charge in [-0.15, -0.1) is 10.2 Å². The average molecular weight is 349 g/mol. The third kappa shape index (κ3) is 3.47. The van der Waals surface area contributed by atoms with Crippen molar-refractivity contribution in [2.45, 2.75) is 19.6 Å². The second-order valence-electron chi connectivity index (χ2n) is 5.17. The van der Waals surface area contributed by atoms with Crippen molar-refractivity contribution in [3.05, 3.63) is 58.5 Å². The predicted molar refractivity (Wildman–Crippen MR) is 84.8 cm³/mol. The number of nitrogens with one attached hydrogen (secondary N) is 1. The number of anilines is 1. The van der Waals surface area contributed by atoms with E-state index < -0.39 is 23.0 Å². The summed E-state index contributed by atoms with van der Waals surface area (Å²) in [7, 11) is 0. The number of alkyl halides is 2. The summed E-state index contributed by atoms with van der Waals surface area (Å²) >= 11 is 0. The molecule has 0 fully saturated rings. The molecule has 1 atom stereocenters. The van der Waals surface area contributed by atoms with Crippen LogP contribution in [0.5, 0.6) is 5.75 Å². The van der Waals surface area contributed by atoms with Gasteiger partial charge in [-0.25, -0.2) is 0 Å². The van der Waals surface area contributed by atoms with E-state index in [0.29, 0.717) is 17.2 Å². The van der Waals surface area contributed by atoms with Gasteiger partial charge in [-0.2, -0.15) is 8.78 Å². The van der Waals surface area contributed by atoms with Crippen molar-refractivity contribution >= 4 is 17.0 Å². The maximum Gasteiger partial charge on any atom is 0.387 e. The van der Waals surface area contributed by atoms with Gasteiger partial charge in [-0.1, -0.05) is 6.07 Å². The van der Waals surface area contributed by atoms with Gasteiger partial charge in [0.15, 0.2) is 11.5 Å². The van der Waals surface area contributed by atoms with Crippen LogP contribution >= 0.6 is 0 Å². The third-order valence-electron chi connectivity index (χ3n) is 3.48. The first-order valence-corrected chi connectivity index (χ1v) is 7.25. The summed E-state index contributed by atoms with van der Waals surface area (Å²) < 4.78 is 31.0. The van der Waals surface area contributed by atoms with Crippen molar-refractivity contribution < 1.29 is 18.4 Å². The van der Waals surface area contributed by atoms with Crippen molar-refractivity contribution in [2.24, 2.45) is 0 Å². The van der Waals surface area contributed by atoms with Crippen LogP contribution in [0.25, 0.3) is 5.65 Å². The van der Waals surface area contributed by atoms with Crippen LogP contribution < -0.4 is 10.1 Å². The van der Waals surface area contributed by atoms with Crippen LogP contribution in [0.1, 0.15) is 18.8 Å². The normalized spacial score (nSPS) is 12.3. The zero-order valence-electron chi connectivity index (χ0n) is 13.0. The quantitative estimate of drug-likeness (QED) is 0.541. The maximum atomic E-state index is 12.5. The summed E-state index contributed by atoms with van der Waals surface area (Å²) in [5.41, 5.74) is 0.504. The minimum atomic E-state index is -3.16. The molecule has 8 nitrogen and oxygen atoms in total. The molecule has 1 aromatic carbocycles. The lowest BCUT2D eigenvalue weighted by Gasteiger charge is -2.15. The van der Waals surface area contributed by atoms with Gasteiger partial charge >= 0.3 is 12.3 Å². The number of benzene rings is 1. The Morgan fingerprint density at radius 2 is 2.08 bits per heavy atom. The van der Waals surface area contributed by atoms with Crippen LogP contribution in [-0.4, -0.2) is 26.1 Å². The molecule has 0 aliphatic carbocycles. The largest absolute Gasteiger partial charge is 0.427 e. The Bertz CT molecular complexity index is 915. The summed E-state index contributed by atoms with van der Waals surface area (Å²) in [4.78, 5) is 10.1. The number of hydrogen-bond acceptors (Lipinski definition) is 6. The van der Waals surface area contributed by atoms with E-state index in [9.17, 15) is 18.9 Å². The molecule has 2 heterocycles. The van der Waals surface area contributed by atoms with Gasteiger partial charge in [-0.05, 0) is 25.1 Å². The molecular formula is C15H13F2N5O3. The van der Waals surface area contributed by atoms with Gasteiger partial charge in [0.05, 0.1) is 11.0 Å². The van der Waals surface area contributed by atoms with Crippen LogP contribution in [0.4, 0.5) is 20.2 Å². The molecule has 130 valence electrons. The van der Waals surface area contributed by atoms with Crippen molar-refractivity contribution in [1.29, 1.82) is 0 Å². The number of hydrogen-bond donors (Lipinski definition) is 1. The minimum absolute atomic E-state index is 0.335. The highest BCUT2D eigenvalue weighted by Crippen LogP contribution is 2.32. The Balaban J connectivity index is 1.88. The van der Waals surface area contributed by atoms with E-state index in [1.54, 1.807) is 23.6 Å². The van der Waals surface area contributed by atoms with Crippen molar-refractivity contribution in [2.75, 3.05) is 5.32 Å². The first-order valence-electron chi connectivity index (χ1n) is 7.25. The molecule has 0 amide bonds. The molecule has 0 bridgehead atoms. The second kappa shape index (κ2) is 6.67. The Hall–Kier alpha value is -3.30. The van der Waals surface area contributed by atoms with Gasteiger partial charge in [0, 0.05) is 24.0 Å². The molecular weight excluding hydrogens is 336 g/mol. The predicted octanol–water partition coefficient (Wildman–Crippen LogP) is 3.41. The molecule has 3 rings (SSSR count). The van der Waals surface area contributed by atoms with E-state index in [2.05, 4.69) is 20.3 Å². The molecule has 2 aromatic heterocycles. The van der Waals surface area contributed by atoms with E-state index in [1.165, 1.54) is 6.07 Å². The summed E-state index contributed by atoms with van der Waals surface area (Å²) in [6, 6.07) is 8.79. The van der Waals surface area contributed by atoms with Gasteiger partial charge in [0.2, 0.25) is 5.75 Å². The van der Waals surface area contributed by atoms with Gasteiger partial charge in [0.25, 0.3) is 0 Å². The molecule has 0 spiro atoms. The summed E-state index contributed by atoms with van der Waals surface area (Å²) in [5.74, 6) is 0.0913. The number of ether oxygens (including phenoxy) is 1. The van der Waals surface area contributed by atoms with Crippen LogP contribution in [0, 0.1) is 10.1 Å². The van der Waals surface area contributed by atoms with E-state index in [1.807, 2.05) is 12.1 Å². The Morgan fingerprint density at radius 3 is 2.80 bits per heavy atom. The van der Waals surface area contributed by atoms with Crippen LogP contribution in [0.2, 0.25) is 0 Å². The number of rotatable bonds is 6. The monoisotopic (exact) mass is 349 g/mol. The first kappa shape index (κ1) is 16.6. The summed E-state index contributed by atoms with van der Waals surface area (Å²) in [6.45, 7) is -1.36. The minimum Gasteiger partial charge on any atom is -0.427 e. The summed E-state index contributed by atoms with van der Waals surface area (Å²) in [6.07, 6.45) is 1.80. The molecule has 25 heavy (non-hydrogen) atoms. The van der Waals surface area contributed by atoms with E-state index in [-0.39, 0.29) is 6.04 Å². The summed E-state index contributed by atoms with van der Waals surface area (Å²) in [5, 5.41) is 22.1. The lowest BCUT2D eigenvalue weighted by Crippen LogP contribution is -2.11. The van der Waals surface area contributed by atoms with Crippen molar-refractivity contribution in [3.63, 3.8) is 0 Å². The van der Waals surface area contributed by atoms with Crippen molar-refractivity contribution in [1.82, 2.24) is 14.6 Å². The Labute approximate surface area is 140 Å². The highest BCUT2D eigenvalue weighted by molar-refractivity contribution is 5.58. The standard InChI is InChI=1S/C15H13F2N5O3/c1-9(14-20-19-13-4-2-3-7-21(13)14)18-10-5-6-11(22(23)24)12(8-10)25-15(16)17/h2-9,15,18H,1H3. The fourth-order valence-corrected chi connectivity index (χ4v) is 2.41. The number of nitrogens with zero attached hydrogens (tertiary/aromatic N) is 4. The number of nitro benzene ring substituents is 1. The number of nitro groups is 1. The third-order valence-corrected chi connectivity index (χ3v) is 3.48. The molecule has 0 saturated carbocycles. The van der Waals surface area contributed by atoms with E-state index >= 15 is 0 Å². The van der Waals surface area contributed by atoms with Crippen LogP contribution in [0.3, 0.4) is 0 Å². The Kier molecular flexibility index (Phi) is 4.42. The fraction of sp³-hybridized carbons (Fsp3) is 0.200. The highest BCUT2D eigenvalue weighted by atomic mass is 19.3. The van der Waals surface area contributed by atoms with Gasteiger partial charge in [-0.3, -0.25) is 14.5 Å². The van der Waals surface area contributed by atoms with Gasteiger partial charge < -0.3 is 10.1 Å². The lowest BCUT2D eigenvalue weighted by atomic mass is 10.2. The SMILES string of the molecule is CC(Nc1ccc([N+](=O)[O-])c(OC(F)F)c1)c1nnc2ccccn12.